The fraction of sp³-hybridized carbons (Fsp3) is 0. The lowest BCUT2D eigenvalue weighted by Gasteiger charge is -2.03. The van der Waals surface area contributed by atoms with Crippen molar-refractivity contribution < 1.29 is 14.6 Å². The lowest BCUT2D eigenvalue weighted by atomic mass is 10.0. The number of benzene rings is 4. The summed E-state index contributed by atoms with van der Waals surface area (Å²) in [5.41, 5.74) is 1.34. The average Bonchev–Trinajstić information content (AvgIpc) is 2.96. The molecule has 0 saturated heterocycles. The van der Waals surface area contributed by atoms with E-state index in [4.69, 9.17) is 27.6 Å². The van der Waals surface area contributed by atoms with Crippen LogP contribution in [0.25, 0.3) is 43.5 Å². The Kier molecular flexibility index (Phi) is 2.91. The summed E-state index contributed by atoms with van der Waals surface area (Å²) in [5.74, 6) is 0.0789. The Morgan fingerprint density at radius 2 is 1.04 bits per heavy atom. The Labute approximate surface area is 151 Å². The molecule has 0 saturated carbocycles. The molecule has 3 nitrogen and oxygen atoms in total. The Balaban J connectivity index is 1.95. The molecule has 122 valence electrons. The van der Waals surface area contributed by atoms with E-state index in [1.165, 1.54) is 0 Å². The number of fused-ring (bicyclic) bond motifs is 5. The lowest BCUT2D eigenvalue weighted by Crippen LogP contribution is -1.77. The van der Waals surface area contributed by atoms with Gasteiger partial charge in [0.1, 0.15) is 22.7 Å². The van der Waals surface area contributed by atoms with E-state index in [9.17, 15) is 10.2 Å². The van der Waals surface area contributed by atoms with E-state index in [2.05, 4.69) is 0 Å². The molecule has 0 amide bonds. The number of halogens is 2. The van der Waals surface area contributed by atoms with E-state index in [-0.39, 0.29) is 11.5 Å². The largest absolute Gasteiger partial charge is 0.506 e. The topological polar surface area (TPSA) is 53.6 Å². The predicted molar refractivity (Wildman–Crippen MR) is 102 cm³/mol. The van der Waals surface area contributed by atoms with E-state index in [1.54, 1.807) is 12.1 Å². The van der Waals surface area contributed by atoms with Crippen molar-refractivity contribution in [2.45, 2.75) is 0 Å². The summed E-state index contributed by atoms with van der Waals surface area (Å²) in [4.78, 5) is 0. The van der Waals surface area contributed by atoms with Crippen LogP contribution in [0.15, 0.2) is 52.9 Å². The summed E-state index contributed by atoms with van der Waals surface area (Å²) in [6, 6.07) is 14.5. The summed E-state index contributed by atoms with van der Waals surface area (Å²) in [6.45, 7) is 0. The number of phenols is 2. The molecule has 0 atom stereocenters. The van der Waals surface area contributed by atoms with Gasteiger partial charge in [0, 0.05) is 21.5 Å². The molecular weight excluding hydrogens is 359 g/mol. The predicted octanol–water partition coefficient (Wildman–Crippen LogP) is 6.61. The second-order valence-electron chi connectivity index (χ2n) is 6.04. The number of rotatable bonds is 0. The third-order valence-electron chi connectivity index (χ3n) is 4.58. The molecule has 25 heavy (non-hydrogen) atoms. The van der Waals surface area contributed by atoms with Gasteiger partial charge in [-0.3, -0.25) is 0 Å². The summed E-state index contributed by atoms with van der Waals surface area (Å²) in [6.07, 6.45) is 0. The summed E-state index contributed by atoms with van der Waals surface area (Å²) < 4.78 is 5.98. The maximum absolute atomic E-state index is 9.81. The van der Waals surface area contributed by atoms with Crippen LogP contribution in [0.4, 0.5) is 0 Å². The molecule has 0 spiro atoms. The van der Waals surface area contributed by atoms with Gasteiger partial charge in [0.05, 0.1) is 10.0 Å². The van der Waals surface area contributed by atoms with Gasteiger partial charge in [-0.25, -0.2) is 0 Å². The van der Waals surface area contributed by atoms with Crippen LogP contribution in [-0.2, 0) is 0 Å². The zero-order chi connectivity index (χ0) is 17.3. The first-order valence-electron chi connectivity index (χ1n) is 7.61. The third kappa shape index (κ3) is 2.00. The van der Waals surface area contributed by atoms with Gasteiger partial charge >= 0.3 is 0 Å². The molecule has 1 aromatic heterocycles. The van der Waals surface area contributed by atoms with Gasteiger partial charge in [0.25, 0.3) is 0 Å². The van der Waals surface area contributed by atoms with Crippen molar-refractivity contribution >= 4 is 66.7 Å². The first kappa shape index (κ1) is 14.7. The number of hydrogen-bond acceptors (Lipinski definition) is 3. The van der Waals surface area contributed by atoms with E-state index < -0.39 is 0 Å². The molecule has 0 aliphatic carbocycles. The molecule has 5 rings (SSSR count). The van der Waals surface area contributed by atoms with Crippen LogP contribution in [0.1, 0.15) is 0 Å². The monoisotopic (exact) mass is 368 g/mol. The lowest BCUT2D eigenvalue weighted by molar-refractivity contribution is 0.476. The van der Waals surface area contributed by atoms with Gasteiger partial charge in [0.15, 0.2) is 0 Å². The first-order valence-corrected chi connectivity index (χ1v) is 8.37. The molecule has 4 aromatic carbocycles. The summed E-state index contributed by atoms with van der Waals surface area (Å²) in [5, 5.41) is 25.4. The Bertz CT molecular complexity index is 1230. The van der Waals surface area contributed by atoms with E-state index in [0.29, 0.717) is 21.2 Å². The molecule has 0 bridgehead atoms. The molecule has 5 heteroatoms. The van der Waals surface area contributed by atoms with Gasteiger partial charge in [-0.1, -0.05) is 35.3 Å². The fourth-order valence-electron chi connectivity index (χ4n) is 3.32. The van der Waals surface area contributed by atoms with Crippen molar-refractivity contribution in [1.29, 1.82) is 0 Å². The normalized spacial score (nSPS) is 11.9. The van der Waals surface area contributed by atoms with Crippen LogP contribution in [0.2, 0.25) is 10.0 Å². The maximum atomic E-state index is 9.81. The highest BCUT2D eigenvalue weighted by Crippen LogP contribution is 2.40. The van der Waals surface area contributed by atoms with Crippen molar-refractivity contribution in [3.63, 3.8) is 0 Å². The van der Waals surface area contributed by atoms with Crippen LogP contribution in [0.5, 0.6) is 11.5 Å². The smallest absolute Gasteiger partial charge is 0.136 e. The fourth-order valence-corrected chi connectivity index (χ4v) is 3.77. The number of aromatic hydroxyl groups is 2. The van der Waals surface area contributed by atoms with Crippen molar-refractivity contribution in [3.8, 4) is 11.5 Å². The molecule has 2 N–H and O–H groups in total. The molecule has 5 aromatic rings. The van der Waals surface area contributed by atoms with Gasteiger partial charge in [0.2, 0.25) is 0 Å². The number of hydrogen-bond donors (Lipinski definition) is 2. The van der Waals surface area contributed by atoms with Crippen molar-refractivity contribution in [1.82, 2.24) is 0 Å². The molecule has 0 radical (unpaired) electrons. The SMILES string of the molecule is Oc1ccc2cc3c(cc2c1Cl)oc1cc2c(Cl)c(O)ccc2cc13. The zero-order valence-electron chi connectivity index (χ0n) is 12.7. The average molecular weight is 369 g/mol. The number of phenolic OH excluding ortho intramolecular Hbond substituents is 2. The standard InChI is InChI=1S/C20H10Cl2O3/c21-19-11-7-17-13(5-9(11)1-3-15(19)23)14-6-10-2-4-16(24)20(22)12(10)8-18(14)25-17/h1-8,23-24H. The highest BCUT2D eigenvalue weighted by molar-refractivity contribution is 6.38. The van der Waals surface area contributed by atoms with Crippen LogP contribution >= 0.6 is 23.2 Å². The molecule has 0 fully saturated rings. The van der Waals surface area contributed by atoms with E-state index in [1.807, 2.05) is 36.4 Å². The molecule has 1 heterocycles. The van der Waals surface area contributed by atoms with Crippen LogP contribution < -0.4 is 0 Å². The summed E-state index contributed by atoms with van der Waals surface area (Å²) >= 11 is 12.4. The maximum Gasteiger partial charge on any atom is 0.136 e. The second kappa shape index (κ2) is 4.94. The minimum Gasteiger partial charge on any atom is -0.506 e. The minimum atomic E-state index is 0.0395. The highest BCUT2D eigenvalue weighted by atomic mass is 35.5. The van der Waals surface area contributed by atoms with Crippen LogP contribution in [-0.4, -0.2) is 10.2 Å². The van der Waals surface area contributed by atoms with E-state index in [0.717, 1.165) is 32.3 Å². The zero-order valence-corrected chi connectivity index (χ0v) is 14.2. The van der Waals surface area contributed by atoms with Crippen molar-refractivity contribution in [2.75, 3.05) is 0 Å². The van der Waals surface area contributed by atoms with Gasteiger partial charge < -0.3 is 14.6 Å². The number of furan rings is 1. The Morgan fingerprint density at radius 3 is 1.48 bits per heavy atom. The molecular formula is C20H10Cl2O3. The quantitative estimate of drug-likeness (QED) is 0.323. The Hall–Kier alpha value is -2.62. The van der Waals surface area contributed by atoms with E-state index >= 15 is 0 Å². The van der Waals surface area contributed by atoms with Gasteiger partial charge in [-0.2, -0.15) is 0 Å². The second-order valence-corrected chi connectivity index (χ2v) is 6.79. The van der Waals surface area contributed by atoms with Gasteiger partial charge in [-0.05, 0) is 47.2 Å². The summed E-state index contributed by atoms with van der Waals surface area (Å²) in [7, 11) is 0. The molecule has 0 unspecified atom stereocenters. The highest BCUT2D eigenvalue weighted by Gasteiger charge is 2.14. The van der Waals surface area contributed by atoms with Crippen molar-refractivity contribution in [2.24, 2.45) is 0 Å². The van der Waals surface area contributed by atoms with Crippen LogP contribution in [0, 0.1) is 0 Å². The minimum absolute atomic E-state index is 0.0395. The van der Waals surface area contributed by atoms with Gasteiger partial charge in [-0.15, -0.1) is 0 Å². The first-order chi connectivity index (χ1) is 12.0. The Morgan fingerprint density at radius 1 is 0.600 bits per heavy atom. The molecule has 0 aliphatic rings. The van der Waals surface area contributed by atoms with Crippen LogP contribution in [0.3, 0.4) is 0 Å². The molecule has 0 aliphatic heterocycles. The van der Waals surface area contributed by atoms with Crippen molar-refractivity contribution in [3.05, 3.63) is 58.6 Å². The third-order valence-corrected chi connectivity index (χ3v) is 5.37.